The van der Waals surface area contributed by atoms with Crippen LogP contribution in [0.5, 0.6) is 5.75 Å². The first-order valence-electron chi connectivity index (χ1n) is 11.6. The number of nitrogens with zero attached hydrogens (tertiary/aromatic N) is 3. The van der Waals surface area contributed by atoms with Crippen LogP contribution in [0.3, 0.4) is 0 Å². The van der Waals surface area contributed by atoms with Gasteiger partial charge in [-0.2, -0.15) is 17.5 Å². The van der Waals surface area contributed by atoms with E-state index >= 15 is 0 Å². The maximum Gasteiger partial charge on any atom is 0.416 e. The Kier molecular flexibility index (Phi) is 7.46. The summed E-state index contributed by atoms with van der Waals surface area (Å²) in [6.07, 6.45) is -3.45. The van der Waals surface area contributed by atoms with Gasteiger partial charge in [-0.1, -0.05) is 6.07 Å². The lowest BCUT2D eigenvalue weighted by atomic mass is 9.97. The molecule has 4 rings (SSSR count). The molecule has 0 spiro atoms. The molecule has 12 heteroatoms. The van der Waals surface area contributed by atoms with Crippen LogP contribution in [0.2, 0.25) is 0 Å². The fourth-order valence-electron chi connectivity index (χ4n) is 4.68. The molecule has 0 aromatic heterocycles. The van der Waals surface area contributed by atoms with E-state index in [4.69, 9.17) is 4.74 Å². The van der Waals surface area contributed by atoms with Gasteiger partial charge in [0.1, 0.15) is 16.5 Å². The minimum atomic E-state index is -4.43. The lowest BCUT2D eigenvalue weighted by molar-refractivity contribution is -0.137. The van der Waals surface area contributed by atoms with Crippen molar-refractivity contribution in [1.29, 1.82) is 0 Å². The van der Waals surface area contributed by atoms with Crippen LogP contribution in [0.4, 0.5) is 23.2 Å². The van der Waals surface area contributed by atoms with Crippen LogP contribution in [0.1, 0.15) is 18.4 Å². The van der Waals surface area contributed by atoms with Crippen molar-refractivity contribution in [3.63, 3.8) is 0 Å². The number of benzene rings is 2. The Morgan fingerprint density at radius 2 is 1.75 bits per heavy atom. The van der Waals surface area contributed by atoms with Gasteiger partial charge in [-0.05, 0) is 49.2 Å². The van der Waals surface area contributed by atoms with Gasteiger partial charge in [0.15, 0.2) is 0 Å². The Labute approximate surface area is 207 Å². The second-order valence-corrected chi connectivity index (χ2v) is 10.8. The number of hydrogen-bond acceptors (Lipinski definition) is 5. The topological polar surface area (TPSA) is 70.2 Å². The predicted molar refractivity (Wildman–Crippen MR) is 125 cm³/mol. The highest BCUT2D eigenvalue weighted by Crippen LogP contribution is 2.33. The average molecular weight is 530 g/mol. The summed E-state index contributed by atoms with van der Waals surface area (Å²) in [5.74, 6) is -1.44. The second kappa shape index (κ2) is 10.3. The quantitative estimate of drug-likeness (QED) is 0.554. The molecule has 0 aliphatic carbocycles. The number of carbonyl (C=O) groups is 1. The highest BCUT2D eigenvalue weighted by Gasteiger charge is 2.37. The fourth-order valence-corrected chi connectivity index (χ4v) is 6.37. The van der Waals surface area contributed by atoms with Gasteiger partial charge in [0.2, 0.25) is 15.9 Å². The van der Waals surface area contributed by atoms with Gasteiger partial charge >= 0.3 is 6.18 Å². The molecule has 36 heavy (non-hydrogen) atoms. The van der Waals surface area contributed by atoms with Crippen molar-refractivity contribution in [3.05, 3.63) is 53.8 Å². The van der Waals surface area contributed by atoms with Gasteiger partial charge in [-0.3, -0.25) is 4.79 Å². The molecule has 0 radical (unpaired) electrons. The van der Waals surface area contributed by atoms with Gasteiger partial charge in [0.05, 0.1) is 18.6 Å². The van der Waals surface area contributed by atoms with Gasteiger partial charge in [-0.25, -0.2) is 12.8 Å². The molecular formula is C24H27F4N3O4S. The number of alkyl halides is 3. The Morgan fingerprint density at radius 1 is 1.03 bits per heavy atom. The summed E-state index contributed by atoms with van der Waals surface area (Å²) in [4.78, 5) is 16.4. The Balaban J connectivity index is 1.41. The maximum absolute atomic E-state index is 13.8. The monoisotopic (exact) mass is 529 g/mol. The first kappa shape index (κ1) is 26.2. The minimum Gasteiger partial charge on any atom is -0.495 e. The summed E-state index contributed by atoms with van der Waals surface area (Å²) in [5.41, 5.74) is -0.284. The lowest BCUT2D eigenvalue weighted by Gasteiger charge is -2.39. The first-order valence-corrected chi connectivity index (χ1v) is 13.0. The third-order valence-electron chi connectivity index (χ3n) is 6.61. The number of halogens is 4. The predicted octanol–water partition coefficient (Wildman–Crippen LogP) is 3.60. The summed E-state index contributed by atoms with van der Waals surface area (Å²) < 4.78 is 85.7. The molecule has 2 aliphatic heterocycles. The maximum atomic E-state index is 13.8. The highest BCUT2D eigenvalue weighted by atomic mass is 32.2. The van der Waals surface area contributed by atoms with Crippen LogP contribution >= 0.6 is 0 Å². The lowest BCUT2D eigenvalue weighted by Crippen LogP contribution is -2.53. The van der Waals surface area contributed by atoms with Crippen LogP contribution < -0.4 is 9.64 Å². The molecule has 196 valence electrons. The molecular weight excluding hydrogens is 502 g/mol. The molecule has 1 amide bonds. The zero-order chi connectivity index (χ0) is 26.1. The Morgan fingerprint density at radius 3 is 2.42 bits per heavy atom. The van der Waals surface area contributed by atoms with Crippen LogP contribution in [-0.2, 0) is 21.0 Å². The fraction of sp³-hybridized carbons (Fsp3) is 0.458. The van der Waals surface area contributed by atoms with Crippen molar-refractivity contribution in [3.8, 4) is 5.75 Å². The third kappa shape index (κ3) is 5.44. The number of piperazine rings is 1. The second-order valence-electron chi connectivity index (χ2n) is 8.86. The van der Waals surface area contributed by atoms with Crippen LogP contribution in [-0.4, -0.2) is 69.9 Å². The summed E-state index contributed by atoms with van der Waals surface area (Å²) in [5, 5.41) is 0. The van der Waals surface area contributed by atoms with Crippen molar-refractivity contribution in [2.75, 3.05) is 51.3 Å². The number of amides is 1. The SMILES string of the molecule is COc1ccc(F)cc1S(=O)(=O)N1CCC[C@@H](C(=O)N2CCN(c3cccc(C(F)(F)F)c3)CC2)C1. The van der Waals surface area contributed by atoms with E-state index in [1.54, 1.807) is 15.9 Å². The molecule has 2 saturated heterocycles. The smallest absolute Gasteiger partial charge is 0.416 e. The van der Waals surface area contributed by atoms with E-state index in [9.17, 15) is 30.8 Å². The average Bonchev–Trinajstić information content (AvgIpc) is 2.88. The zero-order valence-electron chi connectivity index (χ0n) is 19.7. The number of carbonyl (C=O) groups excluding carboxylic acids is 1. The summed E-state index contributed by atoms with van der Waals surface area (Å²) >= 11 is 0. The van der Waals surface area contributed by atoms with Crippen LogP contribution in [0, 0.1) is 11.7 Å². The normalized spacial score (nSPS) is 19.9. The van der Waals surface area contributed by atoms with E-state index in [0.717, 1.165) is 24.3 Å². The molecule has 2 aromatic rings. The summed E-state index contributed by atoms with van der Waals surface area (Å²) in [7, 11) is -2.79. The highest BCUT2D eigenvalue weighted by molar-refractivity contribution is 7.89. The van der Waals surface area contributed by atoms with Gasteiger partial charge in [-0.15, -0.1) is 0 Å². The minimum absolute atomic E-state index is 0.0237. The molecule has 2 fully saturated rings. The number of anilines is 1. The number of piperidine rings is 1. The van der Waals surface area contributed by atoms with E-state index in [1.807, 2.05) is 0 Å². The van der Waals surface area contributed by atoms with Crippen molar-refractivity contribution in [2.45, 2.75) is 23.9 Å². The van der Waals surface area contributed by atoms with E-state index in [-0.39, 0.29) is 29.6 Å². The molecule has 0 unspecified atom stereocenters. The number of rotatable bonds is 5. The van der Waals surface area contributed by atoms with E-state index in [1.165, 1.54) is 23.5 Å². The molecule has 2 aromatic carbocycles. The van der Waals surface area contributed by atoms with E-state index in [2.05, 4.69) is 0 Å². The van der Waals surface area contributed by atoms with E-state index in [0.29, 0.717) is 44.7 Å². The first-order chi connectivity index (χ1) is 17.0. The Bertz CT molecular complexity index is 1210. The number of ether oxygens (including phenoxy) is 1. The standard InChI is InChI=1S/C24H27F4N3O4S/c1-35-21-8-7-19(25)15-22(21)36(33,34)31-9-3-4-17(16-31)23(32)30-12-10-29(11-13-30)20-6-2-5-18(14-20)24(26,27)28/h2,5-8,14-15,17H,3-4,9-13,16H2,1H3/t17-/m1/s1. The molecule has 2 aliphatic rings. The van der Waals surface area contributed by atoms with Crippen molar-refractivity contribution >= 4 is 21.6 Å². The van der Waals surface area contributed by atoms with Gasteiger partial charge in [0, 0.05) is 45.0 Å². The molecule has 1 atom stereocenters. The largest absolute Gasteiger partial charge is 0.495 e. The van der Waals surface area contributed by atoms with Crippen molar-refractivity contribution in [1.82, 2.24) is 9.21 Å². The van der Waals surface area contributed by atoms with Crippen LogP contribution in [0.15, 0.2) is 47.4 Å². The number of hydrogen-bond donors (Lipinski definition) is 0. The number of sulfonamides is 1. The Hall–Kier alpha value is -2.86. The summed E-state index contributed by atoms with van der Waals surface area (Å²) in [6, 6.07) is 8.36. The molecule has 7 nitrogen and oxygen atoms in total. The molecule has 0 saturated carbocycles. The van der Waals surface area contributed by atoms with Gasteiger partial charge < -0.3 is 14.5 Å². The third-order valence-corrected chi connectivity index (χ3v) is 8.49. The molecule has 0 N–H and O–H groups in total. The molecule has 0 bridgehead atoms. The van der Waals surface area contributed by atoms with E-state index < -0.39 is 33.5 Å². The van der Waals surface area contributed by atoms with Crippen molar-refractivity contribution < 1.29 is 35.5 Å². The van der Waals surface area contributed by atoms with Crippen LogP contribution in [0.25, 0.3) is 0 Å². The molecule has 2 heterocycles. The van der Waals surface area contributed by atoms with Crippen molar-refractivity contribution in [2.24, 2.45) is 5.92 Å². The van der Waals surface area contributed by atoms with Gasteiger partial charge in [0.25, 0.3) is 0 Å². The summed E-state index contributed by atoms with van der Waals surface area (Å²) in [6.45, 7) is 1.53. The number of methoxy groups -OCH3 is 1. The zero-order valence-corrected chi connectivity index (χ0v) is 20.5.